The lowest BCUT2D eigenvalue weighted by Gasteiger charge is -2.19. The van der Waals surface area contributed by atoms with Crippen LogP contribution in [0.5, 0.6) is 0 Å². The van der Waals surface area contributed by atoms with Crippen LogP contribution < -0.4 is 5.32 Å². The van der Waals surface area contributed by atoms with E-state index in [0.29, 0.717) is 5.56 Å². The summed E-state index contributed by atoms with van der Waals surface area (Å²) in [6, 6.07) is 6.82. The number of benzene rings is 1. The fraction of sp³-hybridized carbons (Fsp3) is 0.333. The zero-order valence-electron chi connectivity index (χ0n) is 10.0. The molecule has 0 radical (unpaired) electrons. The second-order valence-electron chi connectivity index (χ2n) is 3.71. The van der Waals surface area contributed by atoms with Gasteiger partial charge in [-0.3, -0.25) is 9.59 Å². The number of carbonyl (C=O) groups is 2. The molecule has 0 saturated carbocycles. The number of alkyl halides is 3. The molecule has 0 aliphatic carbocycles. The van der Waals surface area contributed by atoms with Crippen LogP contribution in [0.3, 0.4) is 0 Å². The van der Waals surface area contributed by atoms with Crippen molar-refractivity contribution in [3.63, 3.8) is 0 Å². The maximum Gasteiger partial charge on any atom is 0.471 e. The lowest BCUT2D eigenvalue weighted by Crippen LogP contribution is -2.39. The standard InChI is InChI=1S/C12H12F3NO3/c1-19-10(17)7-9(8-5-3-2-4-6-8)16-11(18)12(13,14)15/h2-6,9H,7H2,1H3,(H,16,18)/t9-/m1/s1. The van der Waals surface area contributed by atoms with E-state index in [-0.39, 0.29) is 6.42 Å². The van der Waals surface area contributed by atoms with Crippen LogP contribution in [0.4, 0.5) is 13.2 Å². The largest absolute Gasteiger partial charge is 0.471 e. The topological polar surface area (TPSA) is 55.4 Å². The van der Waals surface area contributed by atoms with Gasteiger partial charge in [-0.15, -0.1) is 0 Å². The quantitative estimate of drug-likeness (QED) is 0.855. The van der Waals surface area contributed by atoms with Crippen LogP contribution >= 0.6 is 0 Å². The molecule has 0 heterocycles. The van der Waals surface area contributed by atoms with Crippen molar-refractivity contribution in [3.05, 3.63) is 35.9 Å². The second-order valence-corrected chi connectivity index (χ2v) is 3.71. The monoisotopic (exact) mass is 275 g/mol. The van der Waals surface area contributed by atoms with E-state index in [1.54, 1.807) is 23.5 Å². The third-order valence-electron chi connectivity index (χ3n) is 2.36. The summed E-state index contributed by atoms with van der Waals surface area (Å²) in [5.74, 6) is -2.80. The van der Waals surface area contributed by atoms with Crippen LogP contribution in [0.15, 0.2) is 30.3 Å². The number of carbonyl (C=O) groups excluding carboxylic acids is 2. The van der Waals surface area contributed by atoms with Crippen molar-refractivity contribution in [2.45, 2.75) is 18.6 Å². The number of nitrogens with one attached hydrogen (secondary N) is 1. The predicted molar refractivity (Wildman–Crippen MR) is 60.0 cm³/mol. The highest BCUT2D eigenvalue weighted by molar-refractivity contribution is 5.82. The molecule has 0 aliphatic rings. The van der Waals surface area contributed by atoms with Crippen molar-refractivity contribution in [3.8, 4) is 0 Å². The van der Waals surface area contributed by atoms with Crippen LogP contribution in [-0.4, -0.2) is 25.2 Å². The number of methoxy groups -OCH3 is 1. The van der Waals surface area contributed by atoms with Gasteiger partial charge in [0.1, 0.15) is 0 Å². The first-order chi connectivity index (χ1) is 8.84. The molecular formula is C12H12F3NO3. The van der Waals surface area contributed by atoms with E-state index in [1.165, 1.54) is 12.1 Å². The Morgan fingerprint density at radius 3 is 2.32 bits per heavy atom. The van der Waals surface area contributed by atoms with E-state index in [9.17, 15) is 22.8 Å². The van der Waals surface area contributed by atoms with Crippen LogP contribution in [0.1, 0.15) is 18.0 Å². The first-order valence-electron chi connectivity index (χ1n) is 5.34. The summed E-state index contributed by atoms with van der Waals surface area (Å²) < 4.78 is 41.0. The Hall–Kier alpha value is -2.05. The molecule has 0 bridgehead atoms. The van der Waals surface area contributed by atoms with Crippen molar-refractivity contribution < 1.29 is 27.5 Å². The first kappa shape index (κ1) is 15.0. The van der Waals surface area contributed by atoms with Gasteiger partial charge in [-0.25, -0.2) is 0 Å². The van der Waals surface area contributed by atoms with Gasteiger partial charge in [-0.2, -0.15) is 13.2 Å². The van der Waals surface area contributed by atoms with Gasteiger partial charge in [0, 0.05) is 0 Å². The van der Waals surface area contributed by atoms with Gasteiger partial charge < -0.3 is 10.1 Å². The molecule has 104 valence electrons. The second kappa shape index (κ2) is 6.21. The normalized spacial score (nSPS) is 12.6. The highest BCUT2D eigenvalue weighted by Crippen LogP contribution is 2.21. The van der Waals surface area contributed by atoms with Gasteiger partial charge in [0.05, 0.1) is 19.6 Å². The fourth-order valence-corrected chi connectivity index (χ4v) is 1.43. The Balaban J connectivity index is 2.88. The molecule has 0 aromatic heterocycles. The van der Waals surface area contributed by atoms with Crippen molar-refractivity contribution in [2.24, 2.45) is 0 Å². The van der Waals surface area contributed by atoms with E-state index in [0.717, 1.165) is 7.11 Å². The number of amides is 1. The Kier molecular flexibility index (Phi) is 4.91. The molecule has 1 N–H and O–H groups in total. The third kappa shape index (κ3) is 4.61. The maximum atomic E-state index is 12.2. The van der Waals surface area contributed by atoms with E-state index in [2.05, 4.69) is 4.74 Å². The molecule has 0 saturated heterocycles. The van der Waals surface area contributed by atoms with Crippen LogP contribution in [-0.2, 0) is 14.3 Å². The molecule has 19 heavy (non-hydrogen) atoms. The number of esters is 1. The van der Waals surface area contributed by atoms with Crippen molar-refractivity contribution >= 4 is 11.9 Å². The Morgan fingerprint density at radius 2 is 1.84 bits per heavy atom. The summed E-state index contributed by atoms with van der Waals surface area (Å²) in [6.07, 6.45) is -5.37. The van der Waals surface area contributed by atoms with Crippen LogP contribution in [0, 0.1) is 0 Å². The van der Waals surface area contributed by atoms with Gasteiger partial charge in [0.2, 0.25) is 0 Å². The number of hydrogen-bond donors (Lipinski definition) is 1. The fourth-order valence-electron chi connectivity index (χ4n) is 1.43. The molecule has 7 heteroatoms. The molecule has 4 nitrogen and oxygen atoms in total. The Morgan fingerprint density at radius 1 is 1.26 bits per heavy atom. The highest BCUT2D eigenvalue weighted by atomic mass is 19.4. The van der Waals surface area contributed by atoms with Crippen molar-refractivity contribution in [1.82, 2.24) is 5.32 Å². The van der Waals surface area contributed by atoms with Gasteiger partial charge in [0.15, 0.2) is 0 Å². The number of hydrogen-bond acceptors (Lipinski definition) is 3. The molecule has 1 amide bonds. The van der Waals surface area contributed by atoms with E-state index < -0.39 is 24.1 Å². The van der Waals surface area contributed by atoms with E-state index in [1.807, 2.05) is 0 Å². The zero-order chi connectivity index (χ0) is 14.5. The number of rotatable bonds is 4. The minimum absolute atomic E-state index is 0.373. The van der Waals surface area contributed by atoms with Gasteiger partial charge >= 0.3 is 18.1 Å². The van der Waals surface area contributed by atoms with Crippen molar-refractivity contribution in [1.29, 1.82) is 0 Å². The first-order valence-corrected chi connectivity index (χ1v) is 5.34. The molecular weight excluding hydrogens is 263 g/mol. The number of halogens is 3. The molecule has 0 fully saturated rings. The smallest absolute Gasteiger partial charge is 0.469 e. The summed E-state index contributed by atoms with van der Waals surface area (Å²) in [7, 11) is 1.12. The Bertz CT molecular complexity index is 445. The molecule has 0 aliphatic heterocycles. The molecule has 1 aromatic carbocycles. The predicted octanol–water partition coefficient (Wildman–Crippen LogP) is 1.97. The lowest BCUT2D eigenvalue weighted by atomic mass is 10.0. The van der Waals surface area contributed by atoms with Crippen molar-refractivity contribution in [2.75, 3.05) is 7.11 Å². The summed E-state index contributed by atoms with van der Waals surface area (Å²) in [5, 5.41) is 1.77. The molecule has 0 unspecified atom stereocenters. The van der Waals surface area contributed by atoms with Gasteiger partial charge in [-0.1, -0.05) is 30.3 Å². The molecule has 0 spiro atoms. The minimum atomic E-state index is -5.00. The van der Waals surface area contributed by atoms with Crippen LogP contribution in [0.2, 0.25) is 0 Å². The Labute approximate surface area is 107 Å². The summed E-state index contributed by atoms with van der Waals surface area (Å²) >= 11 is 0. The number of ether oxygens (including phenoxy) is 1. The summed E-state index contributed by atoms with van der Waals surface area (Å²) in [4.78, 5) is 22.1. The minimum Gasteiger partial charge on any atom is -0.469 e. The average molecular weight is 275 g/mol. The average Bonchev–Trinajstić information content (AvgIpc) is 2.37. The van der Waals surface area contributed by atoms with Gasteiger partial charge in [-0.05, 0) is 5.56 Å². The molecule has 1 atom stereocenters. The zero-order valence-corrected chi connectivity index (χ0v) is 10.0. The third-order valence-corrected chi connectivity index (χ3v) is 2.36. The molecule has 1 aromatic rings. The van der Waals surface area contributed by atoms with E-state index >= 15 is 0 Å². The lowest BCUT2D eigenvalue weighted by molar-refractivity contribution is -0.174. The highest BCUT2D eigenvalue weighted by Gasteiger charge is 2.40. The SMILES string of the molecule is COC(=O)C[C@@H](NC(=O)C(F)(F)F)c1ccccc1. The van der Waals surface area contributed by atoms with Gasteiger partial charge in [0.25, 0.3) is 0 Å². The molecule has 1 rings (SSSR count). The summed E-state index contributed by atoms with van der Waals surface area (Å²) in [5.41, 5.74) is 0.394. The maximum absolute atomic E-state index is 12.2. The summed E-state index contributed by atoms with van der Waals surface area (Å²) in [6.45, 7) is 0. The van der Waals surface area contributed by atoms with Crippen LogP contribution in [0.25, 0.3) is 0 Å². The van der Waals surface area contributed by atoms with E-state index in [4.69, 9.17) is 0 Å².